The molecule has 1 aromatic carbocycles. The normalized spacial score (nSPS) is 10.6. The van der Waals surface area contributed by atoms with Crippen LogP contribution in [0.3, 0.4) is 0 Å². The number of H-pyrrole nitrogens is 1. The number of anilines is 1. The van der Waals surface area contributed by atoms with Gasteiger partial charge in [0.1, 0.15) is 0 Å². The van der Waals surface area contributed by atoms with Gasteiger partial charge >= 0.3 is 0 Å². The third kappa shape index (κ3) is 2.30. The van der Waals surface area contributed by atoms with E-state index in [1.807, 2.05) is 37.3 Å². The number of tetrazole rings is 1. The van der Waals surface area contributed by atoms with Crippen LogP contribution in [0.5, 0.6) is 0 Å². The van der Waals surface area contributed by atoms with Gasteiger partial charge in [0, 0.05) is 17.8 Å². The zero-order valence-corrected chi connectivity index (χ0v) is 10.4. The minimum absolute atomic E-state index is 0.604. The fourth-order valence-corrected chi connectivity index (χ4v) is 1.77. The molecule has 2 heterocycles. The summed E-state index contributed by atoms with van der Waals surface area (Å²) in [5.41, 5.74) is 3.03. The average molecular weight is 255 g/mol. The van der Waals surface area contributed by atoms with Crippen molar-refractivity contribution in [3.8, 4) is 5.69 Å². The van der Waals surface area contributed by atoms with Crippen molar-refractivity contribution in [2.24, 2.45) is 0 Å². The molecule has 0 unspecified atom stereocenters. The molecule has 0 saturated carbocycles. The molecule has 3 aromatic rings. The molecule has 0 bridgehead atoms. The maximum Gasteiger partial charge on any atom is 0.248 e. The molecule has 0 saturated heterocycles. The number of aromatic nitrogens is 6. The second-order valence-corrected chi connectivity index (χ2v) is 4.12. The number of para-hydroxylation sites is 1. The van der Waals surface area contributed by atoms with Crippen molar-refractivity contribution in [2.45, 2.75) is 13.5 Å². The zero-order valence-electron chi connectivity index (χ0n) is 10.4. The van der Waals surface area contributed by atoms with E-state index < -0.39 is 0 Å². The third-order valence-electron chi connectivity index (χ3n) is 2.84. The van der Waals surface area contributed by atoms with Crippen LogP contribution in [-0.2, 0) is 6.54 Å². The lowest BCUT2D eigenvalue weighted by Gasteiger charge is -2.06. The lowest BCUT2D eigenvalue weighted by Crippen LogP contribution is -2.07. The van der Waals surface area contributed by atoms with E-state index in [9.17, 15) is 0 Å². The molecule has 0 radical (unpaired) electrons. The van der Waals surface area contributed by atoms with Crippen LogP contribution in [0.1, 0.15) is 11.3 Å². The lowest BCUT2D eigenvalue weighted by molar-refractivity contribution is 0.789. The van der Waals surface area contributed by atoms with Crippen molar-refractivity contribution in [1.29, 1.82) is 0 Å². The van der Waals surface area contributed by atoms with Crippen LogP contribution in [0.15, 0.2) is 36.5 Å². The highest BCUT2D eigenvalue weighted by molar-refractivity contribution is 5.38. The largest absolute Gasteiger partial charge is 0.349 e. The van der Waals surface area contributed by atoms with Gasteiger partial charge in [-0.1, -0.05) is 23.3 Å². The summed E-state index contributed by atoms with van der Waals surface area (Å²) in [7, 11) is 0. The summed E-state index contributed by atoms with van der Waals surface area (Å²) in [6.45, 7) is 2.60. The maximum atomic E-state index is 3.98. The number of benzene rings is 1. The van der Waals surface area contributed by atoms with E-state index >= 15 is 0 Å². The molecule has 0 fully saturated rings. The van der Waals surface area contributed by atoms with Gasteiger partial charge in [0.2, 0.25) is 5.95 Å². The Morgan fingerprint density at radius 1 is 1.26 bits per heavy atom. The highest BCUT2D eigenvalue weighted by Gasteiger charge is 2.08. The van der Waals surface area contributed by atoms with Gasteiger partial charge in [0.25, 0.3) is 0 Å². The predicted octanol–water partition coefficient (Wildman–Crippen LogP) is 1.31. The second kappa shape index (κ2) is 4.89. The summed E-state index contributed by atoms with van der Waals surface area (Å²) < 4.78 is 1.66. The van der Waals surface area contributed by atoms with E-state index in [2.05, 4.69) is 31.0 Å². The molecule has 3 rings (SSSR count). The lowest BCUT2D eigenvalue weighted by atomic mass is 10.3. The highest BCUT2D eigenvalue weighted by atomic mass is 15.6. The summed E-state index contributed by atoms with van der Waals surface area (Å²) in [6, 6.07) is 9.74. The number of nitrogens with one attached hydrogen (secondary N) is 2. The van der Waals surface area contributed by atoms with E-state index in [4.69, 9.17) is 0 Å². The van der Waals surface area contributed by atoms with Crippen molar-refractivity contribution in [3.05, 3.63) is 47.8 Å². The Morgan fingerprint density at radius 3 is 2.84 bits per heavy atom. The number of nitrogens with zero attached hydrogens (tertiary/aromatic N) is 5. The Kier molecular flexibility index (Phi) is 2.93. The number of hydrogen-bond acceptors (Lipinski definition) is 5. The standard InChI is InChI=1S/C12H13N7/c1-9-10(8-14-15-9)7-13-12-16-17-18-19(12)11-5-3-2-4-6-11/h2-6,8H,7H2,1H3,(H,14,15)(H,13,16,18). The minimum Gasteiger partial charge on any atom is -0.349 e. The molecule has 0 spiro atoms. The van der Waals surface area contributed by atoms with Crippen LogP contribution in [0.2, 0.25) is 0 Å². The molecular formula is C12H13N7. The smallest absolute Gasteiger partial charge is 0.248 e. The molecule has 7 heteroatoms. The summed E-state index contributed by atoms with van der Waals surface area (Å²) >= 11 is 0. The summed E-state index contributed by atoms with van der Waals surface area (Å²) in [5, 5.41) is 21.7. The van der Waals surface area contributed by atoms with Gasteiger partial charge in [-0.2, -0.15) is 9.78 Å². The van der Waals surface area contributed by atoms with E-state index in [0.29, 0.717) is 12.5 Å². The summed E-state index contributed by atoms with van der Waals surface area (Å²) in [4.78, 5) is 0. The van der Waals surface area contributed by atoms with Gasteiger partial charge in [-0.15, -0.1) is 0 Å². The van der Waals surface area contributed by atoms with Crippen LogP contribution >= 0.6 is 0 Å². The van der Waals surface area contributed by atoms with Gasteiger partial charge < -0.3 is 5.32 Å². The molecule has 96 valence electrons. The van der Waals surface area contributed by atoms with E-state index in [-0.39, 0.29) is 0 Å². The van der Waals surface area contributed by atoms with Crippen LogP contribution < -0.4 is 5.32 Å². The van der Waals surface area contributed by atoms with Crippen molar-refractivity contribution in [2.75, 3.05) is 5.32 Å². The molecule has 19 heavy (non-hydrogen) atoms. The Labute approximate surface area is 109 Å². The monoisotopic (exact) mass is 255 g/mol. The maximum absolute atomic E-state index is 3.98. The number of aryl methyl sites for hydroxylation is 1. The summed E-state index contributed by atoms with van der Waals surface area (Å²) in [6.07, 6.45) is 1.79. The molecule has 0 atom stereocenters. The topological polar surface area (TPSA) is 84.3 Å². The Morgan fingerprint density at radius 2 is 2.11 bits per heavy atom. The Balaban J connectivity index is 1.80. The molecule has 0 amide bonds. The van der Waals surface area contributed by atoms with Crippen molar-refractivity contribution >= 4 is 5.95 Å². The van der Waals surface area contributed by atoms with Crippen LogP contribution in [0, 0.1) is 6.92 Å². The van der Waals surface area contributed by atoms with Crippen LogP contribution in [0.4, 0.5) is 5.95 Å². The van der Waals surface area contributed by atoms with Crippen LogP contribution in [0.25, 0.3) is 5.69 Å². The van der Waals surface area contributed by atoms with Gasteiger partial charge in [0.05, 0.1) is 11.9 Å². The molecule has 2 aromatic heterocycles. The minimum atomic E-state index is 0.604. The molecular weight excluding hydrogens is 242 g/mol. The summed E-state index contributed by atoms with van der Waals surface area (Å²) in [5.74, 6) is 0.604. The number of rotatable bonds is 4. The number of aromatic amines is 1. The van der Waals surface area contributed by atoms with Gasteiger partial charge in [-0.3, -0.25) is 5.10 Å². The SMILES string of the molecule is Cc1[nH]ncc1CNc1nnnn1-c1ccccc1. The molecule has 0 aliphatic carbocycles. The highest BCUT2D eigenvalue weighted by Crippen LogP contribution is 2.12. The van der Waals surface area contributed by atoms with Gasteiger partial charge in [-0.05, 0) is 29.5 Å². The van der Waals surface area contributed by atoms with Crippen molar-refractivity contribution in [3.63, 3.8) is 0 Å². The third-order valence-corrected chi connectivity index (χ3v) is 2.84. The van der Waals surface area contributed by atoms with Crippen molar-refractivity contribution in [1.82, 2.24) is 30.4 Å². The van der Waals surface area contributed by atoms with E-state index in [0.717, 1.165) is 16.9 Å². The fraction of sp³-hybridized carbons (Fsp3) is 0.167. The van der Waals surface area contributed by atoms with E-state index in [1.54, 1.807) is 10.9 Å². The first-order valence-electron chi connectivity index (χ1n) is 5.91. The first-order valence-corrected chi connectivity index (χ1v) is 5.91. The number of hydrogen-bond donors (Lipinski definition) is 2. The quantitative estimate of drug-likeness (QED) is 0.734. The molecule has 0 aliphatic rings. The molecule has 2 N–H and O–H groups in total. The average Bonchev–Trinajstić information content (AvgIpc) is 3.06. The molecule has 0 aliphatic heterocycles. The fourth-order valence-electron chi connectivity index (χ4n) is 1.77. The molecule has 7 nitrogen and oxygen atoms in total. The zero-order chi connectivity index (χ0) is 13.1. The van der Waals surface area contributed by atoms with E-state index in [1.165, 1.54) is 0 Å². The predicted molar refractivity (Wildman–Crippen MR) is 69.8 cm³/mol. The Hall–Kier alpha value is -2.70. The first kappa shape index (κ1) is 11.4. The Bertz CT molecular complexity index is 656. The van der Waals surface area contributed by atoms with Crippen molar-refractivity contribution < 1.29 is 0 Å². The first-order chi connectivity index (χ1) is 9.34. The second-order valence-electron chi connectivity index (χ2n) is 4.12. The van der Waals surface area contributed by atoms with Gasteiger partial charge in [-0.25, -0.2) is 0 Å². The van der Waals surface area contributed by atoms with Gasteiger partial charge in [0.15, 0.2) is 0 Å². The van der Waals surface area contributed by atoms with Crippen LogP contribution in [-0.4, -0.2) is 30.4 Å².